The number of benzene rings is 1. The maximum absolute atomic E-state index is 12.9. The van der Waals surface area contributed by atoms with Gasteiger partial charge >= 0.3 is 0 Å². The maximum atomic E-state index is 12.9. The molecule has 0 spiro atoms. The van der Waals surface area contributed by atoms with Crippen LogP contribution in [0.25, 0.3) is 0 Å². The number of carbonyl (C=O) groups is 1. The van der Waals surface area contributed by atoms with E-state index in [4.69, 9.17) is 17.3 Å². The number of hydrogen-bond donors (Lipinski definition) is 2. The summed E-state index contributed by atoms with van der Waals surface area (Å²) in [4.78, 5) is 15.5. The first kappa shape index (κ1) is 12.3. The van der Waals surface area contributed by atoms with Gasteiger partial charge in [0, 0.05) is 11.8 Å². The van der Waals surface area contributed by atoms with Crippen LogP contribution in [0.1, 0.15) is 10.4 Å². The van der Waals surface area contributed by atoms with E-state index in [-0.39, 0.29) is 16.3 Å². The third-order valence-corrected chi connectivity index (χ3v) is 2.53. The van der Waals surface area contributed by atoms with Crippen LogP contribution >= 0.6 is 11.6 Å². The zero-order valence-corrected chi connectivity index (χ0v) is 9.91. The fourth-order valence-electron chi connectivity index (χ4n) is 1.40. The second-order valence-corrected chi connectivity index (χ2v) is 3.99. The van der Waals surface area contributed by atoms with Crippen molar-refractivity contribution in [3.63, 3.8) is 0 Å². The molecule has 92 valence electrons. The Kier molecular flexibility index (Phi) is 3.43. The van der Waals surface area contributed by atoms with E-state index < -0.39 is 11.7 Å². The van der Waals surface area contributed by atoms with Gasteiger partial charge in [0.05, 0.1) is 28.7 Å². The molecule has 0 aliphatic rings. The Bertz CT molecular complexity index is 604. The van der Waals surface area contributed by atoms with E-state index in [2.05, 4.69) is 10.3 Å². The van der Waals surface area contributed by atoms with Gasteiger partial charge in [-0.05, 0) is 18.2 Å². The number of nitrogens with two attached hydrogens (primary N) is 1. The van der Waals surface area contributed by atoms with E-state index in [1.165, 1.54) is 18.3 Å². The highest BCUT2D eigenvalue weighted by atomic mass is 35.5. The smallest absolute Gasteiger partial charge is 0.257 e. The van der Waals surface area contributed by atoms with Crippen molar-refractivity contribution >= 4 is 28.9 Å². The molecule has 0 radical (unpaired) electrons. The minimum Gasteiger partial charge on any atom is -0.399 e. The second kappa shape index (κ2) is 5.01. The number of nitrogen functional groups attached to an aromatic ring is 1. The Morgan fingerprint density at radius 2 is 2.11 bits per heavy atom. The lowest BCUT2D eigenvalue weighted by molar-refractivity contribution is 0.102. The summed E-state index contributed by atoms with van der Waals surface area (Å²) in [6.45, 7) is 0. The highest BCUT2D eigenvalue weighted by molar-refractivity contribution is 6.34. The molecule has 0 aliphatic heterocycles. The Hall–Kier alpha value is -2.14. The lowest BCUT2D eigenvalue weighted by Crippen LogP contribution is -2.13. The maximum Gasteiger partial charge on any atom is 0.257 e. The SMILES string of the molecule is Nc1ccc(Cl)c(C(=O)Nc2cncc(F)c2)c1. The zero-order valence-electron chi connectivity index (χ0n) is 9.15. The average molecular weight is 266 g/mol. The van der Waals surface area contributed by atoms with Crippen LogP contribution in [-0.2, 0) is 0 Å². The summed E-state index contributed by atoms with van der Waals surface area (Å²) >= 11 is 5.88. The van der Waals surface area contributed by atoms with Crippen LogP contribution < -0.4 is 11.1 Å². The number of nitrogens with zero attached hydrogens (tertiary/aromatic N) is 1. The number of amides is 1. The fourth-order valence-corrected chi connectivity index (χ4v) is 1.60. The molecule has 0 bridgehead atoms. The average Bonchev–Trinajstić information content (AvgIpc) is 2.32. The van der Waals surface area contributed by atoms with Gasteiger partial charge in [0.2, 0.25) is 0 Å². The van der Waals surface area contributed by atoms with E-state index in [0.717, 1.165) is 12.3 Å². The molecule has 6 heteroatoms. The summed E-state index contributed by atoms with van der Waals surface area (Å²) < 4.78 is 12.9. The fraction of sp³-hybridized carbons (Fsp3) is 0. The molecule has 2 aromatic rings. The number of carbonyl (C=O) groups excluding carboxylic acids is 1. The summed E-state index contributed by atoms with van der Waals surface area (Å²) in [5.74, 6) is -1.01. The van der Waals surface area contributed by atoms with Crippen molar-refractivity contribution in [2.24, 2.45) is 0 Å². The number of aromatic nitrogens is 1. The van der Waals surface area contributed by atoms with Crippen LogP contribution in [0.2, 0.25) is 5.02 Å². The first-order valence-electron chi connectivity index (χ1n) is 5.03. The van der Waals surface area contributed by atoms with E-state index >= 15 is 0 Å². The molecule has 0 saturated heterocycles. The summed E-state index contributed by atoms with van der Waals surface area (Å²) in [5.41, 5.74) is 6.46. The number of rotatable bonds is 2. The molecule has 2 rings (SSSR count). The van der Waals surface area contributed by atoms with Crippen molar-refractivity contribution in [2.75, 3.05) is 11.1 Å². The molecule has 1 aromatic heterocycles. The van der Waals surface area contributed by atoms with Gasteiger partial charge in [-0.2, -0.15) is 0 Å². The van der Waals surface area contributed by atoms with Crippen LogP contribution in [0, 0.1) is 5.82 Å². The van der Waals surface area contributed by atoms with E-state index in [1.807, 2.05) is 0 Å². The lowest BCUT2D eigenvalue weighted by Gasteiger charge is -2.07. The van der Waals surface area contributed by atoms with Gasteiger partial charge < -0.3 is 11.1 Å². The third kappa shape index (κ3) is 2.75. The minimum absolute atomic E-state index is 0.223. The first-order valence-corrected chi connectivity index (χ1v) is 5.41. The van der Waals surface area contributed by atoms with Crippen molar-refractivity contribution in [3.05, 3.63) is 53.1 Å². The molecule has 3 N–H and O–H groups in total. The number of nitrogens with one attached hydrogen (secondary N) is 1. The highest BCUT2D eigenvalue weighted by Crippen LogP contribution is 2.20. The molecular formula is C12H9ClFN3O. The molecule has 0 atom stereocenters. The topological polar surface area (TPSA) is 68.0 Å². The van der Waals surface area contributed by atoms with Crippen LogP contribution in [0.5, 0.6) is 0 Å². The Balaban J connectivity index is 2.24. The monoisotopic (exact) mass is 265 g/mol. The van der Waals surface area contributed by atoms with E-state index in [1.54, 1.807) is 6.07 Å². The third-order valence-electron chi connectivity index (χ3n) is 2.20. The molecule has 0 aliphatic carbocycles. The summed E-state index contributed by atoms with van der Waals surface area (Å²) in [7, 11) is 0. The van der Waals surface area contributed by atoms with Crippen molar-refractivity contribution < 1.29 is 9.18 Å². The predicted octanol–water partition coefficient (Wildman–Crippen LogP) is 2.71. The molecule has 1 heterocycles. The summed E-state index contributed by atoms with van der Waals surface area (Å²) in [6.07, 6.45) is 2.38. The summed E-state index contributed by atoms with van der Waals surface area (Å²) in [6, 6.07) is 5.72. The van der Waals surface area contributed by atoms with Crippen molar-refractivity contribution in [1.29, 1.82) is 0 Å². The Morgan fingerprint density at radius 3 is 2.83 bits per heavy atom. The Labute approximate surface area is 108 Å². The van der Waals surface area contributed by atoms with Crippen LogP contribution in [0.15, 0.2) is 36.7 Å². The molecule has 0 saturated carbocycles. The van der Waals surface area contributed by atoms with E-state index in [0.29, 0.717) is 5.69 Å². The van der Waals surface area contributed by atoms with Crippen LogP contribution in [0.3, 0.4) is 0 Å². The van der Waals surface area contributed by atoms with Gasteiger partial charge in [0.1, 0.15) is 5.82 Å². The van der Waals surface area contributed by atoms with Crippen molar-refractivity contribution in [2.45, 2.75) is 0 Å². The largest absolute Gasteiger partial charge is 0.399 e. The molecule has 1 aromatic carbocycles. The lowest BCUT2D eigenvalue weighted by atomic mass is 10.2. The minimum atomic E-state index is -0.536. The number of hydrogen-bond acceptors (Lipinski definition) is 3. The van der Waals surface area contributed by atoms with Crippen LogP contribution in [-0.4, -0.2) is 10.9 Å². The molecule has 1 amide bonds. The van der Waals surface area contributed by atoms with Gasteiger partial charge in [-0.1, -0.05) is 11.6 Å². The number of pyridine rings is 1. The molecular weight excluding hydrogens is 257 g/mol. The van der Waals surface area contributed by atoms with Crippen molar-refractivity contribution in [3.8, 4) is 0 Å². The summed E-state index contributed by atoms with van der Waals surface area (Å²) in [5, 5.41) is 2.76. The first-order chi connectivity index (χ1) is 8.56. The van der Waals surface area contributed by atoms with Gasteiger partial charge in [-0.15, -0.1) is 0 Å². The van der Waals surface area contributed by atoms with Gasteiger partial charge in [0.25, 0.3) is 5.91 Å². The zero-order chi connectivity index (χ0) is 13.1. The number of halogens is 2. The van der Waals surface area contributed by atoms with E-state index in [9.17, 15) is 9.18 Å². The second-order valence-electron chi connectivity index (χ2n) is 3.59. The van der Waals surface area contributed by atoms with Gasteiger partial charge in [0.15, 0.2) is 0 Å². The molecule has 18 heavy (non-hydrogen) atoms. The molecule has 0 fully saturated rings. The standard InChI is InChI=1S/C12H9ClFN3O/c13-11-2-1-8(15)4-10(11)12(18)17-9-3-7(14)5-16-6-9/h1-6H,15H2,(H,17,18). The molecule has 4 nitrogen and oxygen atoms in total. The van der Waals surface area contributed by atoms with Gasteiger partial charge in [-0.25, -0.2) is 4.39 Å². The van der Waals surface area contributed by atoms with Crippen LogP contribution in [0.4, 0.5) is 15.8 Å². The Morgan fingerprint density at radius 1 is 1.33 bits per heavy atom. The number of anilines is 2. The molecule has 0 unspecified atom stereocenters. The van der Waals surface area contributed by atoms with Gasteiger partial charge in [-0.3, -0.25) is 9.78 Å². The van der Waals surface area contributed by atoms with Crippen molar-refractivity contribution in [1.82, 2.24) is 4.98 Å². The predicted molar refractivity (Wildman–Crippen MR) is 68.0 cm³/mol. The quantitative estimate of drug-likeness (QED) is 0.821. The normalized spacial score (nSPS) is 10.1. The highest BCUT2D eigenvalue weighted by Gasteiger charge is 2.11.